The molecular weight excluding hydrogens is 280 g/mol. The van der Waals surface area contributed by atoms with Gasteiger partial charge in [-0.3, -0.25) is 0 Å². The SMILES string of the molecule is C=C[C@@H](CCc1ccccc1)C[C@@H](O)/C=C(\C)c1ccccc1. The van der Waals surface area contributed by atoms with Crippen molar-refractivity contribution in [2.45, 2.75) is 32.3 Å². The zero-order valence-electron chi connectivity index (χ0n) is 13.9. The number of hydrogen-bond acceptors (Lipinski definition) is 1. The minimum atomic E-state index is -0.436. The van der Waals surface area contributed by atoms with Gasteiger partial charge in [0.1, 0.15) is 0 Å². The molecule has 0 heterocycles. The third kappa shape index (κ3) is 5.88. The summed E-state index contributed by atoms with van der Waals surface area (Å²) in [5.41, 5.74) is 3.61. The number of allylic oxidation sites excluding steroid dienone is 2. The van der Waals surface area contributed by atoms with Crippen molar-refractivity contribution in [3.8, 4) is 0 Å². The lowest BCUT2D eigenvalue weighted by Crippen LogP contribution is -2.11. The normalized spacial score (nSPS) is 14.3. The summed E-state index contributed by atoms with van der Waals surface area (Å²) in [5, 5.41) is 10.4. The first-order chi connectivity index (χ1) is 11.2. The van der Waals surface area contributed by atoms with Crippen LogP contribution in [0.25, 0.3) is 5.57 Å². The van der Waals surface area contributed by atoms with E-state index < -0.39 is 6.10 Å². The maximum absolute atomic E-state index is 10.4. The second-order valence-corrected chi connectivity index (χ2v) is 6.04. The molecule has 0 aliphatic heterocycles. The highest BCUT2D eigenvalue weighted by Crippen LogP contribution is 2.20. The first-order valence-electron chi connectivity index (χ1n) is 8.27. The molecular formula is C22H26O. The Bertz CT molecular complexity index is 613. The summed E-state index contributed by atoms with van der Waals surface area (Å²) in [4.78, 5) is 0. The second-order valence-electron chi connectivity index (χ2n) is 6.04. The Balaban J connectivity index is 1.89. The molecule has 0 saturated heterocycles. The molecule has 0 amide bonds. The number of aryl methyl sites for hydroxylation is 1. The summed E-state index contributed by atoms with van der Waals surface area (Å²) >= 11 is 0. The van der Waals surface area contributed by atoms with Crippen molar-refractivity contribution in [1.29, 1.82) is 0 Å². The van der Waals surface area contributed by atoms with Crippen LogP contribution in [0.1, 0.15) is 30.9 Å². The van der Waals surface area contributed by atoms with Gasteiger partial charge in [0.25, 0.3) is 0 Å². The average Bonchev–Trinajstić information content (AvgIpc) is 2.60. The first-order valence-corrected chi connectivity index (χ1v) is 8.27. The number of aliphatic hydroxyl groups is 1. The van der Waals surface area contributed by atoms with Crippen LogP contribution in [0.15, 0.2) is 79.4 Å². The van der Waals surface area contributed by atoms with Crippen LogP contribution in [0.3, 0.4) is 0 Å². The fourth-order valence-corrected chi connectivity index (χ4v) is 2.79. The van der Waals surface area contributed by atoms with E-state index in [1.54, 1.807) is 0 Å². The van der Waals surface area contributed by atoms with E-state index in [9.17, 15) is 5.11 Å². The van der Waals surface area contributed by atoms with Gasteiger partial charge in [0.2, 0.25) is 0 Å². The van der Waals surface area contributed by atoms with Crippen molar-refractivity contribution < 1.29 is 5.11 Å². The van der Waals surface area contributed by atoms with Gasteiger partial charge in [-0.15, -0.1) is 6.58 Å². The highest BCUT2D eigenvalue weighted by atomic mass is 16.3. The van der Waals surface area contributed by atoms with Gasteiger partial charge in [0.15, 0.2) is 0 Å². The monoisotopic (exact) mass is 306 g/mol. The van der Waals surface area contributed by atoms with E-state index in [1.165, 1.54) is 5.56 Å². The molecule has 0 unspecified atom stereocenters. The first kappa shape index (κ1) is 17.2. The molecule has 0 bridgehead atoms. The molecule has 1 N–H and O–H groups in total. The van der Waals surface area contributed by atoms with Crippen molar-refractivity contribution in [3.05, 3.63) is 90.5 Å². The molecule has 0 radical (unpaired) electrons. The maximum Gasteiger partial charge on any atom is 0.0732 e. The quantitative estimate of drug-likeness (QED) is 0.658. The van der Waals surface area contributed by atoms with Gasteiger partial charge in [-0.1, -0.05) is 72.8 Å². The third-order valence-electron chi connectivity index (χ3n) is 4.20. The average molecular weight is 306 g/mol. The van der Waals surface area contributed by atoms with Gasteiger partial charge in [-0.05, 0) is 48.8 Å². The van der Waals surface area contributed by atoms with E-state index in [1.807, 2.05) is 43.3 Å². The lowest BCUT2D eigenvalue weighted by atomic mass is 9.93. The molecule has 1 nitrogen and oxygen atoms in total. The molecule has 0 fully saturated rings. The lowest BCUT2D eigenvalue weighted by molar-refractivity contribution is 0.195. The van der Waals surface area contributed by atoms with Gasteiger partial charge in [0.05, 0.1) is 6.10 Å². The van der Waals surface area contributed by atoms with Gasteiger partial charge in [0, 0.05) is 0 Å². The number of benzene rings is 2. The molecule has 2 aromatic rings. The number of hydrogen-bond donors (Lipinski definition) is 1. The van der Waals surface area contributed by atoms with Crippen LogP contribution in [0.2, 0.25) is 0 Å². The van der Waals surface area contributed by atoms with Crippen LogP contribution in [0.5, 0.6) is 0 Å². The zero-order chi connectivity index (χ0) is 16.5. The lowest BCUT2D eigenvalue weighted by Gasteiger charge is -2.16. The molecule has 0 aliphatic carbocycles. The second kappa shape index (κ2) is 9.12. The minimum absolute atomic E-state index is 0.324. The van der Waals surface area contributed by atoms with Crippen molar-refractivity contribution in [1.82, 2.24) is 0 Å². The summed E-state index contributed by atoms with van der Waals surface area (Å²) in [5.74, 6) is 0.324. The van der Waals surface area contributed by atoms with Crippen LogP contribution in [-0.4, -0.2) is 11.2 Å². The fourth-order valence-electron chi connectivity index (χ4n) is 2.79. The summed E-state index contributed by atoms with van der Waals surface area (Å²) in [7, 11) is 0. The molecule has 120 valence electrons. The highest BCUT2D eigenvalue weighted by molar-refractivity contribution is 5.63. The molecule has 1 heteroatoms. The molecule has 0 aliphatic rings. The topological polar surface area (TPSA) is 20.2 Å². The standard InChI is InChI=1S/C22H26O/c1-3-19(14-15-20-10-6-4-7-11-20)17-22(23)16-18(2)21-12-8-5-9-13-21/h3-13,16,19,22-23H,1,14-15,17H2,2H3/b18-16+/t19-,22-/m0/s1. The van der Waals surface area contributed by atoms with Gasteiger partial charge in [-0.25, -0.2) is 0 Å². The van der Waals surface area contributed by atoms with E-state index in [2.05, 4.69) is 43.0 Å². The third-order valence-corrected chi connectivity index (χ3v) is 4.20. The molecule has 0 saturated carbocycles. The molecule has 2 atom stereocenters. The maximum atomic E-state index is 10.4. The summed E-state index contributed by atoms with van der Waals surface area (Å²) < 4.78 is 0. The van der Waals surface area contributed by atoms with E-state index in [0.29, 0.717) is 5.92 Å². The van der Waals surface area contributed by atoms with E-state index >= 15 is 0 Å². The summed E-state index contributed by atoms with van der Waals surface area (Å²) in [6.07, 6.45) is 6.25. The molecule has 2 rings (SSSR count). The van der Waals surface area contributed by atoms with Gasteiger partial charge < -0.3 is 5.11 Å². The van der Waals surface area contributed by atoms with Crippen molar-refractivity contribution in [2.75, 3.05) is 0 Å². The van der Waals surface area contributed by atoms with Crippen molar-refractivity contribution >= 4 is 5.57 Å². The fraction of sp³-hybridized carbons (Fsp3) is 0.273. The Morgan fingerprint density at radius 3 is 2.26 bits per heavy atom. The Kier molecular flexibility index (Phi) is 6.83. The Morgan fingerprint density at radius 1 is 1.04 bits per heavy atom. The molecule has 0 aromatic heterocycles. The van der Waals surface area contributed by atoms with Crippen LogP contribution < -0.4 is 0 Å². The molecule has 23 heavy (non-hydrogen) atoms. The van der Waals surface area contributed by atoms with Crippen LogP contribution in [0.4, 0.5) is 0 Å². The minimum Gasteiger partial charge on any atom is -0.389 e. The molecule has 2 aromatic carbocycles. The number of aliphatic hydroxyl groups excluding tert-OH is 1. The summed E-state index contributed by atoms with van der Waals surface area (Å²) in [6.45, 7) is 5.98. The van der Waals surface area contributed by atoms with Crippen LogP contribution in [0, 0.1) is 5.92 Å². The predicted molar refractivity (Wildman–Crippen MR) is 99.2 cm³/mol. The zero-order valence-corrected chi connectivity index (χ0v) is 13.9. The largest absolute Gasteiger partial charge is 0.389 e. The van der Waals surface area contributed by atoms with Crippen LogP contribution in [-0.2, 0) is 6.42 Å². The number of rotatable bonds is 8. The Hall–Kier alpha value is -2.12. The van der Waals surface area contributed by atoms with E-state index in [4.69, 9.17) is 0 Å². The van der Waals surface area contributed by atoms with Gasteiger partial charge >= 0.3 is 0 Å². The van der Waals surface area contributed by atoms with E-state index in [-0.39, 0.29) is 0 Å². The van der Waals surface area contributed by atoms with Crippen LogP contribution >= 0.6 is 0 Å². The predicted octanol–water partition coefficient (Wildman–Crippen LogP) is 5.28. The molecule has 0 spiro atoms. The smallest absolute Gasteiger partial charge is 0.0732 e. The van der Waals surface area contributed by atoms with Crippen molar-refractivity contribution in [3.63, 3.8) is 0 Å². The Labute approximate surface area is 140 Å². The Morgan fingerprint density at radius 2 is 1.65 bits per heavy atom. The van der Waals surface area contributed by atoms with E-state index in [0.717, 1.165) is 30.4 Å². The van der Waals surface area contributed by atoms with Gasteiger partial charge in [-0.2, -0.15) is 0 Å². The summed E-state index contributed by atoms with van der Waals surface area (Å²) in [6, 6.07) is 20.7. The van der Waals surface area contributed by atoms with Crippen molar-refractivity contribution in [2.24, 2.45) is 5.92 Å². The highest BCUT2D eigenvalue weighted by Gasteiger charge is 2.11.